The predicted molar refractivity (Wildman–Crippen MR) is 110 cm³/mol. The Bertz CT molecular complexity index is 702. The van der Waals surface area contributed by atoms with Crippen LogP contribution < -0.4 is 4.74 Å². The molecule has 1 aliphatic heterocycles. The third kappa shape index (κ3) is 4.02. The average Bonchev–Trinajstić information content (AvgIpc) is 2.57. The molecule has 27 heavy (non-hydrogen) atoms. The fraction of sp³-hybridized carbons (Fsp3) is 0.708. The summed E-state index contributed by atoms with van der Waals surface area (Å²) in [6, 6.07) is 4.06. The first-order valence-corrected chi connectivity index (χ1v) is 10.7. The zero-order valence-corrected chi connectivity index (χ0v) is 17.7. The van der Waals surface area contributed by atoms with Crippen molar-refractivity contribution in [1.82, 2.24) is 0 Å². The average molecular weight is 373 g/mol. The molecule has 0 bridgehead atoms. The zero-order chi connectivity index (χ0) is 19.8. The summed E-state index contributed by atoms with van der Waals surface area (Å²) in [6.07, 6.45) is 8.07. The smallest absolute Gasteiger partial charge is 0.133 e. The van der Waals surface area contributed by atoms with Crippen LogP contribution in [0, 0.1) is 5.92 Å². The Balaban J connectivity index is 1.92. The number of carbonyl (C=O) groups excluding carboxylic acids is 1. The molecule has 1 aromatic rings. The first kappa shape index (κ1) is 20.2. The Hall–Kier alpha value is -1.51. The van der Waals surface area contributed by atoms with Crippen molar-refractivity contribution in [3.8, 4) is 11.5 Å². The molecule has 1 heterocycles. The number of phenolic OH excluding ortho intramolecular Hbond substituents is 1. The molecule has 2 atom stereocenters. The van der Waals surface area contributed by atoms with E-state index in [1.807, 2.05) is 6.07 Å². The van der Waals surface area contributed by atoms with E-state index < -0.39 is 0 Å². The zero-order valence-electron chi connectivity index (χ0n) is 17.7. The molecule has 3 rings (SSSR count). The molecule has 0 aromatic heterocycles. The number of benzene rings is 1. The number of phenols is 1. The normalized spacial score (nSPS) is 24.1. The number of carbonyl (C=O) groups is 1. The Morgan fingerprint density at radius 3 is 2.67 bits per heavy atom. The molecule has 1 aromatic carbocycles. The van der Waals surface area contributed by atoms with Crippen LogP contribution in [0.3, 0.4) is 0 Å². The van der Waals surface area contributed by atoms with Crippen molar-refractivity contribution in [3.05, 3.63) is 23.3 Å². The van der Waals surface area contributed by atoms with Crippen LogP contribution in [0.5, 0.6) is 11.5 Å². The van der Waals surface area contributed by atoms with Gasteiger partial charge in [-0.3, -0.25) is 4.79 Å². The summed E-state index contributed by atoms with van der Waals surface area (Å²) in [4.78, 5) is 12.1. The van der Waals surface area contributed by atoms with Crippen molar-refractivity contribution in [2.24, 2.45) is 5.92 Å². The number of Topliss-reactive ketones (excluding diaryl/α,β-unsaturated/α-hetero) is 1. The lowest BCUT2D eigenvalue weighted by Crippen LogP contribution is -2.47. The first-order valence-electron chi connectivity index (χ1n) is 10.7. The summed E-state index contributed by atoms with van der Waals surface area (Å²) < 4.78 is 6.41. The van der Waals surface area contributed by atoms with Gasteiger partial charge >= 0.3 is 0 Å². The number of fused-ring (bicyclic) bond motifs is 3. The molecule has 150 valence electrons. The largest absolute Gasteiger partial charge is 0.508 e. The van der Waals surface area contributed by atoms with Crippen LogP contribution in [0.25, 0.3) is 0 Å². The highest BCUT2D eigenvalue weighted by molar-refractivity contribution is 5.81. The second-order valence-corrected chi connectivity index (χ2v) is 9.80. The summed E-state index contributed by atoms with van der Waals surface area (Å²) in [5.41, 5.74) is 1.67. The van der Waals surface area contributed by atoms with Gasteiger partial charge in [-0.15, -0.1) is 0 Å². The van der Waals surface area contributed by atoms with Crippen molar-refractivity contribution >= 4 is 5.78 Å². The minimum absolute atomic E-state index is 0.00696. The van der Waals surface area contributed by atoms with Crippen LogP contribution >= 0.6 is 0 Å². The summed E-state index contributed by atoms with van der Waals surface area (Å²) in [7, 11) is 0. The number of unbranched alkanes of at least 4 members (excludes halogenated alkanes) is 3. The molecule has 1 unspecified atom stereocenters. The molecule has 0 spiro atoms. The third-order valence-corrected chi connectivity index (χ3v) is 6.86. The first-order chi connectivity index (χ1) is 12.7. The second-order valence-electron chi connectivity index (χ2n) is 9.80. The molecule has 1 saturated carbocycles. The van der Waals surface area contributed by atoms with Gasteiger partial charge < -0.3 is 9.84 Å². The summed E-state index contributed by atoms with van der Waals surface area (Å²) >= 11 is 0. The highest BCUT2D eigenvalue weighted by atomic mass is 16.5. The lowest BCUT2D eigenvalue weighted by molar-refractivity contribution is -0.124. The van der Waals surface area contributed by atoms with Crippen LogP contribution in [0.15, 0.2) is 12.1 Å². The quantitative estimate of drug-likeness (QED) is 0.599. The Morgan fingerprint density at radius 2 is 1.96 bits per heavy atom. The second kappa shape index (κ2) is 7.48. The van der Waals surface area contributed by atoms with Gasteiger partial charge in [0, 0.05) is 30.2 Å². The molecule has 3 nitrogen and oxygen atoms in total. The van der Waals surface area contributed by atoms with Crippen LogP contribution in [0.1, 0.15) is 103 Å². The van der Waals surface area contributed by atoms with E-state index in [1.165, 1.54) is 25.7 Å². The number of aromatic hydroxyl groups is 1. The number of ether oxygens (including phenoxy) is 1. The SMILES string of the molecule is CCCCCCC(C)(C)c1cc(O)c2c(c1)OC(C)(C)[C@@H]1CCC(=O)CC21. The highest BCUT2D eigenvalue weighted by Crippen LogP contribution is 2.54. The number of hydrogen-bond donors (Lipinski definition) is 1. The summed E-state index contributed by atoms with van der Waals surface area (Å²) in [5, 5.41) is 10.9. The van der Waals surface area contributed by atoms with Gasteiger partial charge in [0.2, 0.25) is 0 Å². The van der Waals surface area contributed by atoms with Gasteiger partial charge in [0.25, 0.3) is 0 Å². The maximum absolute atomic E-state index is 12.1. The van der Waals surface area contributed by atoms with Crippen LogP contribution in [-0.4, -0.2) is 16.5 Å². The molecular formula is C24H36O3. The van der Waals surface area contributed by atoms with Gasteiger partial charge in [-0.05, 0) is 49.8 Å². The number of rotatable bonds is 6. The minimum Gasteiger partial charge on any atom is -0.508 e. The predicted octanol–water partition coefficient (Wildman–Crippen LogP) is 6.26. The van der Waals surface area contributed by atoms with Crippen molar-refractivity contribution in [3.63, 3.8) is 0 Å². The Kier molecular flexibility index (Phi) is 5.61. The Labute approximate surface area is 164 Å². The standard InChI is InChI=1S/C24H36O3/c1-6-7-8-9-12-23(2,3)16-13-20(26)22-18-15-17(25)10-11-19(18)24(4,5)27-21(22)14-16/h13-14,18-19,26H,6-12,15H2,1-5H3/t18?,19-/m1/s1. The minimum atomic E-state index is -0.311. The number of hydrogen-bond acceptors (Lipinski definition) is 3. The number of ketones is 1. The maximum Gasteiger partial charge on any atom is 0.133 e. The van der Waals surface area contributed by atoms with Crippen molar-refractivity contribution < 1.29 is 14.6 Å². The highest BCUT2D eigenvalue weighted by Gasteiger charge is 2.47. The van der Waals surface area contributed by atoms with Crippen molar-refractivity contribution in [2.75, 3.05) is 0 Å². The van der Waals surface area contributed by atoms with E-state index >= 15 is 0 Å². The molecular weight excluding hydrogens is 336 g/mol. The molecule has 0 saturated heterocycles. The molecule has 1 fully saturated rings. The van der Waals surface area contributed by atoms with E-state index in [1.54, 1.807) is 0 Å². The van der Waals surface area contributed by atoms with Crippen molar-refractivity contribution in [1.29, 1.82) is 0 Å². The van der Waals surface area contributed by atoms with Crippen LogP contribution in [0.4, 0.5) is 0 Å². The van der Waals surface area contributed by atoms with Gasteiger partial charge in [-0.25, -0.2) is 0 Å². The maximum atomic E-state index is 12.1. The van der Waals surface area contributed by atoms with E-state index in [2.05, 4.69) is 40.7 Å². The van der Waals surface area contributed by atoms with Crippen LogP contribution in [-0.2, 0) is 10.2 Å². The topological polar surface area (TPSA) is 46.5 Å². The van der Waals surface area contributed by atoms with Gasteiger partial charge in [-0.2, -0.15) is 0 Å². The van der Waals surface area contributed by atoms with E-state index in [0.717, 1.165) is 29.7 Å². The van der Waals surface area contributed by atoms with E-state index in [0.29, 0.717) is 24.4 Å². The van der Waals surface area contributed by atoms with Crippen LogP contribution in [0.2, 0.25) is 0 Å². The monoisotopic (exact) mass is 372 g/mol. The molecule has 0 amide bonds. The molecule has 1 aliphatic carbocycles. The van der Waals surface area contributed by atoms with Gasteiger partial charge in [0.15, 0.2) is 0 Å². The lowest BCUT2D eigenvalue weighted by Gasteiger charge is -2.47. The third-order valence-electron chi connectivity index (χ3n) is 6.86. The van der Waals surface area contributed by atoms with Gasteiger partial charge in [-0.1, -0.05) is 46.5 Å². The van der Waals surface area contributed by atoms with Gasteiger partial charge in [0.05, 0.1) is 0 Å². The molecule has 3 heteroatoms. The molecule has 0 radical (unpaired) electrons. The summed E-state index contributed by atoms with van der Waals surface area (Å²) in [6.45, 7) is 11.0. The van der Waals surface area contributed by atoms with E-state index in [-0.39, 0.29) is 22.9 Å². The molecule has 1 N–H and O–H groups in total. The van der Waals surface area contributed by atoms with E-state index in [9.17, 15) is 9.90 Å². The molecule has 2 aliphatic rings. The fourth-order valence-electron chi connectivity index (χ4n) is 5.10. The van der Waals surface area contributed by atoms with Crippen molar-refractivity contribution in [2.45, 2.75) is 103 Å². The summed E-state index contributed by atoms with van der Waals surface area (Å²) in [5.74, 6) is 1.75. The Morgan fingerprint density at radius 1 is 1.22 bits per heavy atom. The van der Waals surface area contributed by atoms with E-state index in [4.69, 9.17) is 4.74 Å². The fourth-order valence-corrected chi connectivity index (χ4v) is 5.10. The lowest BCUT2D eigenvalue weighted by atomic mass is 9.66. The van der Waals surface area contributed by atoms with Gasteiger partial charge in [0.1, 0.15) is 22.9 Å².